The monoisotopic (exact) mass is 351 g/mol. The van der Waals surface area contributed by atoms with E-state index in [-0.39, 0.29) is 0 Å². The number of hydrogen-bond donors (Lipinski definition) is 1. The third-order valence-corrected chi connectivity index (χ3v) is 4.49. The molecule has 24 heavy (non-hydrogen) atoms. The van der Waals surface area contributed by atoms with Gasteiger partial charge in [0.15, 0.2) is 11.8 Å². The number of aromatic nitrogens is 4. The molecule has 0 spiro atoms. The van der Waals surface area contributed by atoms with Crippen LogP contribution in [0.2, 0.25) is 0 Å². The van der Waals surface area contributed by atoms with Crippen molar-refractivity contribution in [2.75, 3.05) is 33.9 Å². The average Bonchev–Trinajstić information content (AvgIpc) is 3.20. The van der Waals surface area contributed by atoms with E-state index in [9.17, 15) is 0 Å². The second-order valence-electron chi connectivity index (χ2n) is 5.38. The molecule has 0 radical (unpaired) electrons. The minimum atomic E-state index is 0.480. The van der Waals surface area contributed by atoms with Crippen LogP contribution in [0.25, 0.3) is 0 Å². The van der Waals surface area contributed by atoms with Gasteiger partial charge < -0.3 is 19.5 Å². The quantitative estimate of drug-likeness (QED) is 0.431. The smallest absolute Gasteiger partial charge is 0.194 e. The maximum atomic E-state index is 5.11. The van der Waals surface area contributed by atoms with Gasteiger partial charge in [-0.3, -0.25) is 0 Å². The molecule has 0 aliphatic heterocycles. The van der Waals surface area contributed by atoms with Crippen LogP contribution in [0.4, 0.5) is 0 Å². The van der Waals surface area contributed by atoms with Gasteiger partial charge in [0.2, 0.25) is 0 Å². The topological polar surface area (TPSA) is 80.5 Å². The van der Waals surface area contributed by atoms with Crippen molar-refractivity contribution in [3.05, 3.63) is 28.2 Å². The number of hydrogen-bond acceptors (Lipinski definition) is 6. The van der Waals surface area contributed by atoms with Crippen molar-refractivity contribution >= 4 is 17.3 Å². The molecule has 0 aliphatic carbocycles. The second-order valence-corrected chi connectivity index (χ2v) is 6.36. The zero-order valence-corrected chi connectivity index (χ0v) is 15.5. The molecule has 0 saturated carbocycles. The van der Waals surface area contributed by atoms with E-state index in [1.807, 2.05) is 37.2 Å². The van der Waals surface area contributed by atoms with Gasteiger partial charge in [-0.05, 0) is 6.92 Å². The highest BCUT2D eigenvalue weighted by Crippen LogP contribution is 2.06. The Kier molecular flexibility index (Phi) is 7.13. The van der Waals surface area contributed by atoms with Crippen LogP contribution in [0.5, 0.6) is 0 Å². The largest absolute Gasteiger partial charge is 0.383 e. The maximum Gasteiger partial charge on any atom is 0.194 e. The maximum absolute atomic E-state index is 5.11. The Balaban J connectivity index is 1.98. The van der Waals surface area contributed by atoms with E-state index in [2.05, 4.69) is 30.4 Å². The summed E-state index contributed by atoms with van der Waals surface area (Å²) in [5.41, 5.74) is 0. The Bertz CT molecular complexity index is 638. The first kappa shape index (κ1) is 18.3. The Labute approximate surface area is 146 Å². The van der Waals surface area contributed by atoms with Crippen molar-refractivity contribution in [1.29, 1.82) is 0 Å². The Morgan fingerprint density at radius 1 is 1.46 bits per heavy atom. The van der Waals surface area contributed by atoms with E-state index in [4.69, 9.17) is 4.74 Å². The van der Waals surface area contributed by atoms with Crippen LogP contribution in [0, 0.1) is 6.92 Å². The van der Waals surface area contributed by atoms with Crippen molar-refractivity contribution < 1.29 is 4.74 Å². The van der Waals surface area contributed by atoms with Crippen molar-refractivity contribution in [3.63, 3.8) is 0 Å². The van der Waals surface area contributed by atoms with Crippen molar-refractivity contribution in [3.8, 4) is 0 Å². The van der Waals surface area contributed by atoms with Gasteiger partial charge in [0, 0.05) is 52.3 Å². The molecule has 2 heterocycles. The molecule has 8 nitrogen and oxygen atoms in total. The van der Waals surface area contributed by atoms with Crippen LogP contribution in [-0.4, -0.2) is 64.5 Å². The van der Waals surface area contributed by atoms with E-state index in [1.165, 1.54) is 0 Å². The zero-order chi connectivity index (χ0) is 17.4. The number of aryl methyl sites for hydroxylation is 1. The van der Waals surface area contributed by atoms with Crippen LogP contribution >= 0.6 is 11.3 Å². The summed E-state index contributed by atoms with van der Waals surface area (Å²) < 4.78 is 7.06. The SMILES string of the molecule is COCCNC(=NCc1nnc(C)n1C)N(C)CCc1nccs1. The predicted octanol–water partition coefficient (Wildman–Crippen LogP) is 0.847. The van der Waals surface area contributed by atoms with Gasteiger partial charge in [0.05, 0.1) is 11.6 Å². The molecule has 0 amide bonds. The molecule has 0 bridgehead atoms. The number of thiazole rings is 1. The minimum absolute atomic E-state index is 0.480. The van der Waals surface area contributed by atoms with Gasteiger partial charge in [-0.25, -0.2) is 9.98 Å². The van der Waals surface area contributed by atoms with Gasteiger partial charge >= 0.3 is 0 Å². The van der Waals surface area contributed by atoms with Crippen LogP contribution in [0.15, 0.2) is 16.6 Å². The van der Waals surface area contributed by atoms with E-state index in [0.29, 0.717) is 19.7 Å². The third-order valence-electron chi connectivity index (χ3n) is 3.65. The molecule has 0 aliphatic rings. The first-order valence-electron chi connectivity index (χ1n) is 7.83. The fourth-order valence-electron chi connectivity index (χ4n) is 2.06. The molecule has 2 aromatic rings. The lowest BCUT2D eigenvalue weighted by molar-refractivity contribution is 0.203. The first-order chi connectivity index (χ1) is 11.6. The highest BCUT2D eigenvalue weighted by atomic mass is 32.1. The lowest BCUT2D eigenvalue weighted by Gasteiger charge is -2.22. The van der Waals surface area contributed by atoms with Gasteiger partial charge in [-0.15, -0.1) is 21.5 Å². The van der Waals surface area contributed by atoms with Gasteiger partial charge in [-0.1, -0.05) is 0 Å². The van der Waals surface area contributed by atoms with Crippen LogP contribution < -0.4 is 5.32 Å². The molecule has 0 atom stereocenters. The van der Waals surface area contributed by atoms with E-state index in [0.717, 1.165) is 35.6 Å². The first-order valence-corrected chi connectivity index (χ1v) is 8.71. The average molecular weight is 351 g/mol. The fraction of sp³-hybridized carbons (Fsp3) is 0.600. The molecular weight excluding hydrogens is 326 g/mol. The van der Waals surface area contributed by atoms with Crippen molar-refractivity contribution in [2.45, 2.75) is 19.9 Å². The molecule has 0 aromatic carbocycles. The lowest BCUT2D eigenvalue weighted by Crippen LogP contribution is -2.41. The third kappa shape index (κ3) is 5.27. The summed E-state index contributed by atoms with van der Waals surface area (Å²) in [7, 11) is 5.66. The van der Waals surface area contributed by atoms with Crippen LogP contribution in [-0.2, 0) is 24.8 Å². The van der Waals surface area contributed by atoms with Crippen molar-refractivity contribution in [1.82, 2.24) is 30.0 Å². The Morgan fingerprint density at radius 2 is 2.29 bits per heavy atom. The summed E-state index contributed by atoms with van der Waals surface area (Å²) in [5, 5.41) is 14.7. The molecule has 2 aromatic heterocycles. The molecule has 1 N–H and O–H groups in total. The molecule has 0 fully saturated rings. The standard InChI is InChI=1S/C15H25N7OS/c1-12-19-20-13(22(12)3)11-18-15(17-6-9-23-4)21(2)8-5-14-16-7-10-24-14/h7,10H,5-6,8-9,11H2,1-4H3,(H,17,18). The number of nitrogens with zero attached hydrogens (tertiary/aromatic N) is 6. The zero-order valence-electron chi connectivity index (χ0n) is 14.7. The normalized spacial score (nSPS) is 11.8. The molecule has 0 saturated heterocycles. The minimum Gasteiger partial charge on any atom is -0.383 e. The summed E-state index contributed by atoms with van der Waals surface area (Å²) in [4.78, 5) is 11.1. The number of guanidine groups is 1. The van der Waals surface area contributed by atoms with Gasteiger partial charge in [0.25, 0.3) is 0 Å². The number of rotatable bonds is 8. The van der Waals surface area contributed by atoms with Crippen molar-refractivity contribution in [2.24, 2.45) is 12.0 Å². The van der Waals surface area contributed by atoms with E-state index >= 15 is 0 Å². The van der Waals surface area contributed by atoms with Gasteiger partial charge in [0.1, 0.15) is 12.4 Å². The van der Waals surface area contributed by atoms with E-state index < -0.39 is 0 Å². The molecule has 132 valence electrons. The fourth-order valence-corrected chi connectivity index (χ4v) is 2.67. The van der Waals surface area contributed by atoms with E-state index in [1.54, 1.807) is 18.4 Å². The summed E-state index contributed by atoms with van der Waals surface area (Å²) in [6, 6.07) is 0. The Hall–Kier alpha value is -2.00. The lowest BCUT2D eigenvalue weighted by atomic mass is 10.4. The summed E-state index contributed by atoms with van der Waals surface area (Å²) in [5.74, 6) is 2.54. The van der Waals surface area contributed by atoms with Crippen LogP contribution in [0.1, 0.15) is 16.7 Å². The summed E-state index contributed by atoms with van der Waals surface area (Å²) in [6.07, 6.45) is 2.73. The molecule has 9 heteroatoms. The number of nitrogens with one attached hydrogen (secondary N) is 1. The summed E-state index contributed by atoms with van der Waals surface area (Å²) in [6.45, 7) is 4.58. The second kappa shape index (κ2) is 9.33. The summed E-state index contributed by atoms with van der Waals surface area (Å²) >= 11 is 1.67. The number of ether oxygens (including phenoxy) is 1. The molecule has 2 rings (SSSR count). The number of methoxy groups -OCH3 is 1. The molecular formula is C15H25N7OS. The van der Waals surface area contributed by atoms with Gasteiger partial charge in [-0.2, -0.15) is 0 Å². The highest BCUT2D eigenvalue weighted by molar-refractivity contribution is 7.09. The van der Waals surface area contributed by atoms with Crippen LogP contribution in [0.3, 0.4) is 0 Å². The highest BCUT2D eigenvalue weighted by Gasteiger charge is 2.09. The number of likely N-dealkylation sites (N-methyl/N-ethyl adjacent to an activating group) is 1. The predicted molar refractivity (Wildman–Crippen MR) is 95.2 cm³/mol. The number of aliphatic imine (C=N–C) groups is 1. The Morgan fingerprint density at radius 3 is 2.92 bits per heavy atom. The molecule has 0 unspecified atom stereocenters.